The summed E-state index contributed by atoms with van der Waals surface area (Å²) in [6.07, 6.45) is 6.87. The molecule has 1 aliphatic carbocycles. The van der Waals surface area contributed by atoms with E-state index in [1.54, 1.807) is 5.47 Å². The van der Waals surface area contributed by atoms with Crippen molar-refractivity contribution in [1.29, 1.82) is 0 Å². The Balaban J connectivity index is 2.32. The van der Waals surface area contributed by atoms with E-state index in [2.05, 4.69) is 57.4 Å². The molecule has 1 saturated heterocycles. The van der Waals surface area contributed by atoms with Crippen LogP contribution in [0.1, 0.15) is 20.8 Å². The fourth-order valence-electron chi connectivity index (χ4n) is 3.24. The minimum atomic E-state index is 0.276. The van der Waals surface area contributed by atoms with Crippen molar-refractivity contribution in [3.63, 3.8) is 0 Å². The first kappa shape index (κ1) is 10.1. The lowest BCUT2D eigenvalue weighted by Gasteiger charge is -2.48. The van der Waals surface area contributed by atoms with Crippen LogP contribution in [0.5, 0.6) is 0 Å². The van der Waals surface area contributed by atoms with Crippen molar-refractivity contribution < 1.29 is 0 Å². The molecule has 0 bridgehead atoms. The summed E-state index contributed by atoms with van der Waals surface area (Å²) in [7, 11) is 0. The van der Waals surface area contributed by atoms with Gasteiger partial charge < -0.3 is 4.72 Å². The second-order valence-corrected chi connectivity index (χ2v) is 5.57. The molecule has 1 atom stereocenters. The highest BCUT2D eigenvalue weighted by Crippen LogP contribution is 2.42. The van der Waals surface area contributed by atoms with Gasteiger partial charge in [0.05, 0.1) is 0 Å². The van der Waals surface area contributed by atoms with E-state index in [0.717, 1.165) is 0 Å². The van der Waals surface area contributed by atoms with E-state index >= 15 is 0 Å². The number of hydrogen-bond donors (Lipinski definition) is 0. The van der Waals surface area contributed by atoms with Gasteiger partial charge in [0.25, 0.3) is 0 Å². The second-order valence-electron chi connectivity index (χ2n) is 5.57. The molecule has 0 saturated carbocycles. The lowest BCUT2D eigenvalue weighted by molar-refractivity contribution is 0.369. The molecule has 1 aliphatic heterocycles. The number of fused-ring (bicyclic) bond motifs is 1. The molecule has 2 rings (SSSR count). The van der Waals surface area contributed by atoms with Crippen molar-refractivity contribution in [3.8, 4) is 0 Å². The maximum absolute atomic E-state index is 2.63. The van der Waals surface area contributed by atoms with Crippen molar-refractivity contribution in [3.05, 3.63) is 23.7 Å². The Labute approximate surface area is 88.4 Å². The van der Waals surface area contributed by atoms with Gasteiger partial charge in [0.15, 0.2) is 6.85 Å². The minimum Gasteiger partial charge on any atom is -0.535 e. The predicted octanol–water partition coefficient (Wildman–Crippen LogP) is 2.75. The van der Waals surface area contributed by atoms with Crippen molar-refractivity contribution in [2.45, 2.75) is 45.8 Å². The zero-order chi connectivity index (χ0) is 10.5. The first-order valence-electron chi connectivity index (χ1n) is 5.59. The normalized spacial score (nSPS) is 28.5. The topological polar surface area (TPSA) is 3.24 Å². The summed E-state index contributed by atoms with van der Waals surface area (Å²) in [6, 6.07) is 0. The van der Waals surface area contributed by atoms with E-state index < -0.39 is 0 Å². The molecule has 1 fully saturated rings. The number of nitrogens with zero attached hydrogens (tertiary/aromatic N) is 1. The van der Waals surface area contributed by atoms with Gasteiger partial charge in [0, 0.05) is 0 Å². The molecular weight excluding hydrogens is 168 g/mol. The summed E-state index contributed by atoms with van der Waals surface area (Å²) in [4.78, 5) is 0. The molecule has 0 N–H and O–H groups in total. The third-order valence-electron chi connectivity index (χ3n) is 3.62. The van der Waals surface area contributed by atoms with Gasteiger partial charge in [0.2, 0.25) is 0 Å². The van der Waals surface area contributed by atoms with Gasteiger partial charge in [-0.3, -0.25) is 0 Å². The van der Waals surface area contributed by atoms with Crippen LogP contribution < -0.4 is 0 Å². The molecule has 3 heteroatoms. The second kappa shape index (κ2) is 3.03. The van der Waals surface area contributed by atoms with Gasteiger partial charge in [-0.05, 0) is 11.4 Å². The third-order valence-corrected chi connectivity index (χ3v) is 3.62. The average molecular weight is 187 g/mol. The summed E-state index contributed by atoms with van der Waals surface area (Å²) in [6.45, 7) is 12.9. The maximum Gasteiger partial charge on any atom is 0.186 e. The Hall–Kier alpha value is -0.430. The smallest absolute Gasteiger partial charge is 0.186 e. The van der Waals surface area contributed by atoms with Crippen molar-refractivity contribution in [1.82, 2.24) is 4.72 Å². The molecule has 0 aromatic carbocycles. The maximum atomic E-state index is 2.63. The van der Waals surface area contributed by atoms with E-state index in [1.165, 1.54) is 0 Å². The van der Waals surface area contributed by atoms with E-state index in [-0.39, 0.29) is 5.54 Å². The van der Waals surface area contributed by atoms with E-state index in [4.69, 9.17) is 0 Å². The van der Waals surface area contributed by atoms with Gasteiger partial charge in [-0.25, -0.2) is 12.3 Å². The first-order chi connectivity index (χ1) is 6.43. The van der Waals surface area contributed by atoms with E-state index in [9.17, 15) is 0 Å². The number of allylic oxidation sites excluding steroid dienone is 4. The summed E-state index contributed by atoms with van der Waals surface area (Å²) < 4.78 is 2.63. The Morgan fingerprint density at radius 2 is 2.07 bits per heavy atom. The molecule has 75 valence electrons. The zero-order valence-electron chi connectivity index (χ0n) is 9.91. The summed E-state index contributed by atoms with van der Waals surface area (Å²) in [5, 5.41) is 0. The lowest BCUT2D eigenvalue weighted by Crippen LogP contribution is -2.52. The highest BCUT2D eigenvalue weighted by Gasteiger charge is 2.38. The van der Waals surface area contributed by atoms with Crippen molar-refractivity contribution >= 4 is 13.7 Å². The summed E-state index contributed by atoms with van der Waals surface area (Å²) >= 11 is 0. The molecule has 1 nitrogen and oxygen atoms in total. The Kier molecular flexibility index (Phi) is 2.19. The molecule has 1 heterocycles. The van der Waals surface area contributed by atoms with E-state index in [0.29, 0.717) is 19.5 Å². The van der Waals surface area contributed by atoms with Crippen LogP contribution in [-0.4, -0.2) is 24.0 Å². The zero-order valence-corrected chi connectivity index (χ0v) is 9.91. The quantitative estimate of drug-likeness (QED) is 0.527. The van der Waals surface area contributed by atoms with Gasteiger partial charge in [-0.15, -0.1) is 6.08 Å². The largest absolute Gasteiger partial charge is 0.535 e. The van der Waals surface area contributed by atoms with E-state index in [1.807, 2.05) is 0 Å². The SMILES string of the molecule is CB1C2C=CC=C2[B-](C)N1C(C)(C)C. The van der Waals surface area contributed by atoms with Crippen molar-refractivity contribution in [2.75, 3.05) is 0 Å². The Morgan fingerprint density at radius 3 is 2.57 bits per heavy atom. The van der Waals surface area contributed by atoms with Crippen molar-refractivity contribution in [2.24, 2.45) is 0 Å². The van der Waals surface area contributed by atoms with Gasteiger partial charge in [-0.2, -0.15) is 0 Å². The Bertz CT molecular complexity index is 301. The van der Waals surface area contributed by atoms with Crippen LogP contribution >= 0.6 is 0 Å². The van der Waals surface area contributed by atoms with Crippen LogP contribution in [-0.2, 0) is 0 Å². The molecule has 14 heavy (non-hydrogen) atoms. The fraction of sp³-hybridized carbons (Fsp3) is 0.636. The lowest BCUT2D eigenvalue weighted by atomic mass is 9.53. The van der Waals surface area contributed by atoms with Gasteiger partial charge >= 0.3 is 0 Å². The average Bonchev–Trinajstić information content (AvgIpc) is 2.54. The minimum absolute atomic E-state index is 0.276. The molecule has 0 aromatic heterocycles. The van der Waals surface area contributed by atoms with Crippen LogP contribution in [0.4, 0.5) is 0 Å². The highest BCUT2D eigenvalue weighted by atomic mass is 15.1. The molecule has 1 unspecified atom stereocenters. The Morgan fingerprint density at radius 1 is 1.43 bits per heavy atom. The van der Waals surface area contributed by atoms with Crippen LogP contribution in [0.3, 0.4) is 0 Å². The van der Waals surface area contributed by atoms with Crippen LogP contribution in [0.15, 0.2) is 23.7 Å². The summed E-state index contributed by atoms with van der Waals surface area (Å²) in [5.41, 5.74) is 1.88. The summed E-state index contributed by atoms with van der Waals surface area (Å²) in [5.74, 6) is 0.671. The number of hydrogen-bond acceptors (Lipinski definition) is 1. The fourth-order valence-corrected chi connectivity index (χ4v) is 3.24. The van der Waals surface area contributed by atoms with Crippen LogP contribution in [0.2, 0.25) is 19.5 Å². The molecular formula is C11H19B2N-. The third kappa shape index (κ3) is 1.30. The van der Waals surface area contributed by atoms with Gasteiger partial charge in [0.1, 0.15) is 0 Å². The molecule has 1 radical (unpaired) electrons. The number of rotatable bonds is 0. The predicted molar refractivity (Wildman–Crippen MR) is 65.8 cm³/mol. The van der Waals surface area contributed by atoms with Crippen LogP contribution in [0, 0.1) is 0 Å². The molecule has 0 spiro atoms. The van der Waals surface area contributed by atoms with Crippen LogP contribution in [0.25, 0.3) is 0 Å². The first-order valence-corrected chi connectivity index (χ1v) is 5.59. The molecule has 0 amide bonds. The highest BCUT2D eigenvalue weighted by molar-refractivity contribution is 6.84. The monoisotopic (exact) mass is 187 g/mol. The standard InChI is InChI=1S/C11H19B2N/c1-11(2,3)14-12(4)9-7-6-8-10(9)13(14)5/h6-9H,1-5H3/q-1. The molecule has 2 aliphatic rings. The molecule has 0 aromatic rings. The van der Waals surface area contributed by atoms with Gasteiger partial charge in [-0.1, -0.05) is 46.6 Å².